The Labute approximate surface area is 129 Å². The summed E-state index contributed by atoms with van der Waals surface area (Å²) in [7, 11) is 0. The molecule has 5 heterocycles. The van der Waals surface area contributed by atoms with Crippen molar-refractivity contribution < 1.29 is 4.42 Å². The van der Waals surface area contributed by atoms with E-state index in [9.17, 15) is 0 Å². The molecule has 4 heteroatoms. The lowest BCUT2D eigenvalue weighted by molar-refractivity contribution is 0.0534. The molecule has 3 aliphatic heterocycles. The number of fused-ring (bicyclic) bond motifs is 4. The van der Waals surface area contributed by atoms with E-state index >= 15 is 0 Å². The zero-order valence-electron chi connectivity index (χ0n) is 12.5. The average Bonchev–Trinajstić information content (AvgIpc) is 3.25. The van der Waals surface area contributed by atoms with Crippen LogP contribution >= 0.6 is 0 Å². The molecular weight excluding hydrogens is 274 g/mol. The Morgan fingerprint density at radius 2 is 2.00 bits per heavy atom. The molecule has 2 bridgehead atoms. The highest BCUT2D eigenvalue weighted by Gasteiger charge is 2.36. The molecule has 22 heavy (non-hydrogen) atoms. The van der Waals surface area contributed by atoms with Gasteiger partial charge in [0.1, 0.15) is 0 Å². The van der Waals surface area contributed by atoms with Gasteiger partial charge in [-0.2, -0.15) is 5.10 Å². The molecule has 0 amide bonds. The van der Waals surface area contributed by atoms with Gasteiger partial charge in [0.25, 0.3) is 0 Å². The maximum absolute atomic E-state index is 5.22. The number of hydrogen-bond acceptors (Lipinski definition) is 3. The van der Waals surface area contributed by atoms with Crippen LogP contribution in [-0.4, -0.2) is 34.3 Å². The second-order valence-electron chi connectivity index (χ2n) is 6.58. The van der Waals surface area contributed by atoms with Crippen LogP contribution in [-0.2, 0) is 0 Å². The molecule has 4 nitrogen and oxygen atoms in total. The summed E-state index contributed by atoms with van der Waals surface area (Å²) >= 11 is 0. The molecule has 0 N–H and O–H groups in total. The Balaban J connectivity index is 1.60. The SMILES string of the molecule is c1cc(-c2ccc3cnn([C@@H]4CN5CCC4CC5)c3c2)co1. The second-order valence-corrected chi connectivity index (χ2v) is 6.58. The van der Waals surface area contributed by atoms with E-state index in [1.54, 1.807) is 12.5 Å². The molecule has 1 atom stereocenters. The highest BCUT2D eigenvalue weighted by Crippen LogP contribution is 2.37. The number of furan rings is 1. The number of benzene rings is 1. The Morgan fingerprint density at radius 1 is 1.09 bits per heavy atom. The minimum Gasteiger partial charge on any atom is -0.472 e. The van der Waals surface area contributed by atoms with Gasteiger partial charge in [0, 0.05) is 17.5 Å². The van der Waals surface area contributed by atoms with Gasteiger partial charge in [-0.05, 0) is 49.5 Å². The first-order valence-electron chi connectivity index (χ1n) is 8.11. The summed E-state index contributed by atoms with van der Waals surface area (Å²) in [6.07, 6.45) is 8.16. The number of rotatable bonds is 2. The maximum Gasteiger partial charge on any atom is 0.0980 e. The summed E-state index contributed by atoms with van der Waals surface area (Å²) in [4.78, 5) is 2.58. The van der Waals surface area contributed by atoms with E-state index in [1.807, 2.05) is 12.3 Å². The van der Waals surface area contributed by atoms with E-state index in [0.29, 0.717) is 6.04 Å². The van der Waals surface area contributed by atoms with E-state index in [4.69, 9.17) is 9.52 Å². The monoisotopic (exact) mass is 293 g/mol. The molecule has 0 saturated carbocycles. The van der Waals surface area contributed by atoms with Gasteiger partial charge in [-0.3, -0.25) is 4.68 Å². The molecule has 1 aromatic carbocycles. The quantitative estimate of drug-likeness (QED) is 0.724. The summed E-state index contributed by atoms with van der Waals surface area (Å²) in [5.74, 6) is 0.783. The number of hydrogen-bond donors (Lipinski definition) is 0. The molecular formula is C18H19N3O. The number of aromatic nitrogens is 2. The third-order valence-corrected chi connectivity index (χ3v) is 5.39. The summed E-state index contributed by atoms with van der Waals surface area (Å²) in [5.41, 5.74) is 3.57. The van der Waals surface area contributed by atoms with Crippen LogP contribution < -0.4 is 0 Å². The van der Waals surface area contributed by atoms with E-state index in [0.717, 1.165) is 18.0 Å². The Hall–Kier alpha value is -2.07. The van der Waals surface area contributed by atoms with Gasteiger partial charge >= 0.3 is 0 Å². The predicted molar refractivity (Wildman–Crippen MR) is 85.6 cm³/mol. The first kappa shape index (κ1) is 12.5. The molecule has 0 unspecified atom stereocenters. The predicted octanol–water partition coefficient (Wildman–Crippen LogP) is 3.56. The van der Waals surface area contributed by atoms with Crippen molar-refractivity contribution in [2.45, 2.75) is 18.9 Å². The zero-order chi connectivity index (χ0) is 14.5. The topological polar surface area (TPSA) is 34.2 Å². The van der Waals surface area contributed by atoms with Crippen molar-refractivity contribution in [3.05, 3.63) is 43.0 Å². The van der Waals surface area contributed by atoms with E-state index < -0.39 is 0 Å². The van der Waals surface area contributed by atoms with Crippen molar-refractivity contribution in [1.29, 1.82) is 0 Å². The summed E-state index contributed by atoms with van der Waals surface area (Å²) in [6.45, 7) is 3.68. The van der Waals surface area contributed by atoms with E-state index in [2.05, 4.69) is 27.8 Å². The molecule has 2 aromatic heterocycles. The third kappa shape index (κ3) is 1.83. The average molecular weight is 293 g/mol. The van der Waals surface area contributed by atoms with Gasteiger partial charge in [0.05, 0.1) is 30.3 Å². The largest absolute Gasteiger partial charge is 0.472 e. The fraction of sp³-hybridized carbons (Fsp3) is 0.389. The van der Waals surface area contributed by atoms with Gasteiger partial charge in [-0.15, -0.1) is 0 Å². The minimum atomic E-state index is 0.527. The van der Waals surface area contributed by atoms with Crippen LogP contribution in [0, 0.1) is 5.92 Å². The molecule has 3 saturated heterocycles. The van der Waals surface area contributed by atoms with Gasteiger partial charge in [0.15, 0.2) is 0 Å². The molecule has 112 valence electrons. The van der Waals surface area contributed by atoms with Crippen LogP contribution in [0.4, 0.5) is 0 Å². The molecule has 3 aromatic rings. The van der Waals surface area contributed by atoms with Gasteiger partial charge in [-0.1, -0.05) is 12.1 Å². The van der Waals surface area contributed by atoms with Crippen molar-refractivity contribution in [2.24, 2.45) is 5.92 Å². The first-order chi connectivity index (χ1) is 10.9. The van der Waals surface area contributed by atoms with Gasteiger partial charge < -0.3 is 9.32 Å². The zero-order valence-corrected chi connectivity index (χ0v) is 12.5. The summed E-state index contributed by atoms with van der Waals surface area (Å²) in [6, 6.07) is 9.11. The van der Waals surface area contributed by atoms with Crippen molar-refractivity contribution in [2.75, 3.05) is 19.6 Å². The van der Waals surface area contributed by atoms with Gasteiger partial charge in [-0.25, -0.2) is 0 Å². The lowest BCUT2D eigenvalue weighted by Crippen LogP contribution is -2.48. The smallest absolute Gasteiger partial charge is 0.0980 e. The lowest BCUT2D eigenvalue weighted by atomic mass is 9.84. The van der Waals surface area contributed by atoms with Crippen LogP contribution in [0.3, 0.4) is 0 Å². The van der Waals surface area contributed by atoms with Crippen molar-refractivity contribution in [3.63, 3.8) is 0 Å². The summed E-state index contributed by atoms with van der Waals surface area (Å²) < 4.78 is 7.49. The highest BCUT2D eigenvalue weighted by molar-refractivity contribution is 5.84. The van der Waals surface area contributed by atoms with Crippen LogP contribution in [0.1, 0.15) is 18.9 Å². The van der Waals surface area contributed by atoms with Crippen LogP contribution in [0.25, 0.3) is 22.0 Å². The van der Waals surface area contributed by atoms with Crippen LogP contribution in [0.2, 0.25) is 0 Å². The standard InChI is InChI=1S/C18H19N3O/c1-2-15-10-19-21(18-11-20-6-3-13(18)4-7-20)17(15)9-14(1)16-5-8-22-12-16/h1-2,5,8-10,12-13,18H,3-4,6-7,11H2/t18-/m1/s1. The van der Waals surface area contributed by atoms with Crippen LogP contribution in [0.5, 0.6) is 0 Å². The van der Waals surface area contributed by atoms with E-state index in [1.165, 1.54) is 42.4 Å². The maximum atomic E-state index is 5.22. The summed E-state index contributed by atoms with van der Waals surface area (Å²) in [5, 5.41) is 5.95. The fourth-order valence-electron chi connectivity index (χ4n) is 4.12. The van der Waals surface area contributed by atoms with Crippen LogP contribution in [0.15, 0.2) is 47.4 Å². The normalized spacial score (nSPS) is 27.5. The van der Waals surface area contributed by atoms with Gasteiger partial charge in [0.2, 0.25) is 0 Å². The first-order valence-corrected chi connectivity index (χ1v) is 8.11. The lowest BCUT2D eigenvalue weighted by Gasteiger charge is -2.44. The highest BCUT2D eigenvalue weighted by atomic mass is 16.3. The molecule has 0 aliphatic carbocycles. The molecule has 3 aliphatic rings. The number of piperidine rings is 3. The van der Waals surface area contributed by atoms with E-state index in [-0.39, 0.29) is 0 Å². The Bertz CT molecular complexity index is 797. The number of nitrogens with zero attached hydrogens (tertiary/aromatic N) is 3. The Kier molecular flexibility index (Phi) is 2.67. The third-order valence-electron chi connectivity index (χ3n) is 5.39. The van der Waals surface area contributed by atoms with Crippen molar-refractivity contribution >= 4 is 10.9 Å². The second kappa shape index (κ2) is 4.71. The molecule has 0 radical (unpaired) electrons. The minimum absolute atomic E-state index is 0.527. The van der Waals surface area contributed by atoms with Crippen molar-refractivity contribution in [1.82, 2.24) is 14.7 Å². The van der Waals surface area contributed by atoms with Crippen molar-refractivity contribution in [3.8, 4) is 11.1 Å². The molecule has 0 spiro atoms. The molecule has 3 fully saturated rings. The fourth-order valence-corrected chi connectivity index (χ4v) is 4.12. The Morgan fingerprint density at radius 3 is 2.73 bits per heavy atom. The molecule has 6 rings (SSSR count).